The van der Waals surface area contributed by atoms with Crippen molar-refractivity contribution in [3.05, 3.63) is 35.4 Å². The van der Waals surface area contributed by atoms with Gasteiger partial charge in [-0.15, -0.1) is 0 Å². The lowest BCUT2D eigenvalue weighted by Gasteiger charge is -2.17. The monoisotopic (exact) mass is 182 g/mol. The van der Waals surface area contributed by atoms with Gasteiger partial charge in [0, 0.05) is 5.56 Å². The number of carboxylic acids is 1. The number of carbonyl (C=O) groups is 1. The first-order valence-electron chi connectivity index (χ1n) is 3.94. The van der Waals surface area contributed by atoms with Gasteiger partial charge in [0.25, 0.3) is 0 Å². The smallest absolute Gasteiger partial charge is 0.345 e. The lowest BCUT2D eigenvalue weighted by Crippen LogP contribution is -2.27. The molecule has 0 aliphatic rings. The Bertz CT molecular complexity index is 331. The van der Waals surface area contributed by atoms with E-state index in [0.717, 1.165) is 6.92 Å². The van der Waals surface area contributed by atoms with Crippen LogP contribution in [0, 0.1) is 6.92 Å². The second-order valence-electron chi connectivity index (χ2n) is 3.12. The van der Waals surface area contributed by atoms with Gasteiger partial charge in [-0.3, -0.25) is 0 Å². The molecule has 1 unspecified atom stereocenters. The van der Waals surface area contributed by atoms with Gasteiger partial charge < -0.3 is 5.11 Å². The summed E-state index contributed by atoms with van der Waals surface area (Å²) in [7, 11) is 0. The molecule has 13 heavy (non-hydrogen) atoms. The molecule has 0 saturated heterocycles. The lowest BCUT2D eigenvalue weighted by atomic mass is 9.94. The van der Waals surface area contributed by atoms with E-state index >= 15 is 0 Å². The van der Waals surface area contributed by atoms with Crippen molar-refractivity contribution in [2.45, 2.75) is 19.5 Å². The molecule has 0 bridgehead atoms. The number of aryl methyl sites for hydroxylation is 1. The van der Waals surface area contributed by atoms with Gasteiger partial charge in [0.15, 0.2) is 0 Å². The summed E-state index contributed by atoms with van der Waals surface area (Å²) in [4.78, 5) is 10.6. The van der Waals surface area contributed by atoms with E-state index in [1.54, 1.807) is 25.1 Å². The highest BCUT2D eigenvalue weighted by Crippen LogP contribution is 2.28. The number of benzene rings is 1. The average Bonchev–Trinajstić information content (AvgIpc) is 2.04. The first kappa shape index (κ1) is 9.71. The SMILES string of the molecule is Cc1ccccc1C(C)(F)C(=O)O. The highest BCUT2D eigenvalue weighted by atomic mass is 19.1. The fourth-order valence-corrected chi connectivity index (χ4v) is 1.21. The minimum atomic E-state index is -2.30. The highest BCUT2D eigenvalue weighted by molar-refractivity contribution is 5.79. The predicted octanol–water partition coefficient (Wildman–Crippen LogP) is 2.26. The maximum absolute atomic E-state index is 13.6. The van der Waals surface area contributed by atoms with E-state index < -0.39 is 11.6 Å². The summed E-state index contributed by atoms with van der Waals surface area (Å²) in [6, 6.07) is 6.55. The van der Waals surface area contributed by atoms with Gasteiger partial charge in [-0.1, -0.05) is 24.3 Å². The predicted molar refractivity (Wildman–Crippen MR) is 47.3 cm³/mol. The van der Waals surface area contributed by atoms with Crippen molar-refractivity contribution in [1.29, 1.82) is 0 Å². The molecular weight excluding hydrogens is 171 g/mol. The minimum absolute atomic E-state index is 0.211. The molecule has 1 aromatic rings. The average molecular weight is 182 g/mol. The van der Waals surface area contributed by atoms with Gasteiger partial charge in [-0.2, -0.15) is 0 Å². The maximum atomic E-state index is 13.6. The topological polar surface area (TPSA) is 37.3 Å². The summed E-state index contributed by atoms with van der Waals surface area (Å²) in [6.45, 7) is 2.74. The Morgan fingerprint density at radius 3 is 2.46 bits per heavy atom. The summed E-state index contributed by atoms with van der Waals surface area (Å²) >= 11 is 0. The zero-order valence-electron chi connectivity index (χ0n) is 7.54. The Balaban J connectivity index is 3.22. The summed E-state index contributed by atoms with van der Waals surface area (Å²) in [6.07, 6.45) is 0. The van der Waals surface area contributed by atoms with Crippen molar-refractivity contribution in [1.82, 2.24) is 0 Å². The standard InChI is InChI=1S/C10H11FO2/c1-7-5-3-4-6-8(7)10(2,11)9(12)13/h3-6H,1-2H3,(H,12,13). The van der Waals surface area contributed by atoms with E-state index in [-0.39, 0.29) is 5.56 Å². The molecule has 0 aliphatic carbocycles. The van der Waals surface area contributed by atoms with Crippen molar-refractivity contribution < 1.29 is 14.3 Å². The molecule has 0 spiro atoms. The van der Waals surface area contributed by atoms with E-state index in [4.69, 9.17) is 5.11 Å². The zero-order chi connectivity index (χ0) is 10.1. The van der Waals surface area contributed by atoms with Gasteiger partial charge in [-0.25, -0.2) is 9.18 Å². The minimum Gasteiger partial charge on any atom is -0.479 e. The normalized spacial score (nSPS) is 15.0. The zero-order valence-corrected chi connectivity index (χ0v) is 7.54. The molecule has 0 amide bonds. The van der Waals surface area contributed by atoms with E-state index in [1.165, 1.54) is 6.07 Å². The summed E-state index contributed by atoms with van der Waals surface area (Å²) in [5.41, 5.74) is -1.44. The van der Waals surface area contributed by atoms with Crippen LogP contribution in [0.3, 0.4) is 0 Å². The van der Waals surface area contributed by atoms with Crippen LogP contribution in [0.4, 0.5) is 4.39 Å². The molecule has 0 saturated carbocycles. The fraction of sp³-hybridized carbons (Fsp3) is 0.300. The Labute approximate surface area is 76.0 Å². The van der Waals surface area contributed by atoms with Crippen molar-refractivity contribution >= 4 is 5.97 Å². The Kier molecular flexibility index (Phi) is 2.36. The highest BCUT2D eigenvalue weighted by Gasteiger charge is 2.35. The number of carboxylic acid groups (broad SMARTS) is 1. The van der Waals surface area contributed by atoms with Crippen LogP contribution in [0.2, 0.25) is 0 Å². The molecule has 1 rings (SSSR count). The van der Waals surface area contributed by atoms with E-state index in [9.17, 15) is 9.18 Å². The molecule has 0 heterocycles. The Morgan fingerprint density at radius 1 is 1.46 bits per heavy atom. The molecule has 1 atom stereocenters. The van der Waals surface area contributed by atoms with Crippen molar-refractivity contribution in [3.63, 3.8) is 0 Å². The largest absolute Gasteiger partial charge is 0.479 e. The van der Waals surface area contributed by atoms with Crippen LogP contribution in [0.15, 0.2) is 24.3 Å². The van der Waals surface area contributed by atoms with Crippen molar-refractivity contribution in [2.75, 3.05) is 0 Å². The van der Waals surface area contributed by atoms with Crippen LogP contribution >= 0.6 is 0 Å². The summed E-state index contributed by atoms with van der Waals surface area (Å²) in [5.74, 6) is -1.46. The van der Waals surface area contributed by atoms with Crippen LogP contribution in [0.5, 0.6) is 0 Å². The Morgan fingerprint density at radius 2 is 2.00 bits per heavy atom. The van der Waals surface area contributed by atoms with Crippen molar-refractivity contribution in [2.24, 2.45) is 0 Å². The van der Waals surface area contributed by atoms with Crippen LogP contribution in [0.25, 0.3) is 0 Å². The maximum Gasteiger partial charge on any atom is 0.345 e. The third-order valence-electron chi connectivity index (χ3n) is 2.05. The number of halogens is 1. The van der Waals surface area contributed by atoms with Crippen LogP contribution in [-0.4, -0.2) is 11.1 Å². The van der Waals surface area contributed by atoms with Crippen LogP contribution in [-0.2, 0) is 10.5 Å². The molecule has 2 nitrogen and oxygen atoms in total. The van der Waals surface area contributed by atoms with E-state index in [1.807, 2.05) is 0 Å². The van der Waals surface area contributed by atoms with Gasteiger partial charge in [-0.05, 0) is 19.4 Å². The van der Waals surface area contributed by atoms with Crippen molar-refractivity contribution in [3.8, 4) is 0 Å². The second kappa shape index (κ2) is 3.17. The molecule has 0 radical (unpaired) electrons. The third-order valence-corrected chi connectivity index (χ3v) is 2.05. The number of aliphatic carboxylic acids is 1. The molecule has 1 aromatic carbocycles. The number of alkyl halides is 1. The number of hydrogen-bond acceptors (Lipinski definition) is 1. The van der Waals surface area contributed by atoms with Gasteiger partial charge >= 0.3 is 5.97 Å². The van der Waals surface area contributed by atoms with E-state index in [2.05, 4.69) is 0 Å². The first-order chi connectivity index (χ1) is 5.96. The lowest BCUT2D eigenvalue weighted by molar-refractivity contribution is -0.150. The molecule has 3 heteroatoms. The molecule has 70 valence electrons. The molecule has 0 fully saturated rings. The first-order valence-corrected chi connectivity index (χ1v) is 3.94. The summed E-state index contributed by atoms with van der Waals surface area (Å²) < 4.78 is 13.6. The van der Waals surface area contributed by atoms with Gasteiger partial charge in [0.05, 0.1) is 0 Å². The molecule has 0 aromatic heterocycles. The molecular formula is C10H11FO2. The third kappa shape index (κ3) is 1.69. The van der Waals surface area contributed by atoms with Gasteiger partial charge in [0.1, 0.15) is 0 Å². The Hall–Kier alpha value is -1.38. The number of rotatable bonds is 2. The number of hydrogen-bond donors (Lipinski definition) is 1. The second-order valence-corrected chi connectivity index (χ2v) is 3.12. The van der Waals surface area contributed by atoms with Gasteiger partial charge in [0.2, 0.25) is 5.67 Å². The van der Waals surface area contributed by atoms with Crippen LogP contribution < -0.4 is 0 Å². The molecule has 1 N–H and O–H groups in total. The fourth-order valence-electron chi connectivity index (χ4n) is 1.21. The summed E-state index contributed by atoms with van der Waals surface area (Å²) in [5, 5.41) is 8.64. The quantitative estimate of drug-likeness (QED) is 0.761. The molecule has 0 aliphatic heterocycles. The van der Waals surface area contributed by atoms with E-state index in [0.29, 0.717) is 5.56 Å². The van der Waals surface area contributed by atoms with Crippen LogP contribution in [0.1, 0.15) is 18.1 Å².